The lowest BCUT2D eigenvalue weighted by Gasteiger charge is -2.13. The quantitative estimate of drug-likeness (QED) is 0.193. The second-order valence-electron chi connectivity index (χ2n) is 7.12. The van der Waals surface area contributed by atoms with Crippen LogP contribution in [0.4, 0.5) is 5.13 Å². The fraction of sp³-hybridized carbons (Fsp3) is 0.115. The first-order valence-corrected chi connectivity index (χ1v) is 11.3. The van der Waals surface area contributed by atoms with Gasteiger partial charge in [-0.1, -0.05) is 42.5 Å². The standard InChI is InChI=1S/C26H23N3O4S/c1-31-23-13-12-18(14-20(23)16-33-24-11-7-6-10-21(24)25(30)32-2)15-27-29-26-28-22(17-34-26)19-8-4-3-5-9-19/h3-15,17H,16H2,1-2H3,(H,28,29). The number of aromatic nitrogens is 1. The summed E-state index contributed by atoms with van der Waals surface area (Å²) in [6.07, 6.45) is 1.70. The van der Waals surface area contributed by atoms with Crippen LogP contribution in [0.2, 0.25) is 0 Å². The fourth-order valence-electron chi connectivity index (χ4n) is 3.25. The van der Waals surface area contributed by atoms with Gasteiger partial charge in [0.15, 0.2) is 0 Å². The second kappa shape index (κ2) is 11.1. The van der Waals surface area contributed by atoms with Crippen LogP contribution < -0.4 is 14.9 Å². The second-order valence-corrected chi connectivity index (χ2v) is 7.98. The lowest BCUT2D eigenvalue weighted by molar-refractivity contribution is 0.0595. The molecule has 1 N–H and O–H groups in total. The molecule has 4 aromatic rings. The molecule has 1 aromatic heterocycles. The van der Waals surface area contributed by atoms with Crippen molar-refractivity contribution in [3.05, 3.63) is 94.9 Å². The molecule has 172 valence electrons. The first kappa shape index (κ1) is 23.0. The van der Waals surface area contributed by atoms with Crippen LogP contribution in [0.5, 0.6) is 11.5 Å². The summed E-state index contributed by atoms with van der Waals surface area (Å²) in [5, 5.41) is 7.00. The number of carbonyl (C=O) groups is 1. The van der Waals surface area contributed by atoms with Crippen LogP contribution in [0.1, 0.15) is 21.5 Å². The highest BCUT2D eigenvalue weighted by Crippen LogP contribution is 2.26. The highest BCUT2D eigenvalue weighted by molar-refractivity contribution is 7.14. The van der Waals surface area contributed by atoms with E-state index in [2.05, 4.69) is 15.5 Å². The third-order valence-electron chi connectivity index (χ3n) is 4.93. The molecule has 0 aliphatic carbocycles. The van der Waals surface area contributed by atoms with Gasteiger partial charge in [0.2, 0.25) is 5.13 Å². The Labute approximate surface area is 201 Å². The van der Waals surface area contributed by atoms with E-state index in [1.54, 1.807) is 37.6 Å². The minimum absolute atomic E-state index is 0.208. The number of nitrogens with zero attached hydrogens (tertiary/aromatic N) is 2. The molecule has 0 fully saturated rings. The molecule has 0 aliphatic heterocycles. The molecule has 0 aliphatic rings. The van der Waals surface area contributed by atoms with Crippen molar-refractivity contribution < 1.29 is 19.0 Å². The topological polar surface area (TPSA) is 82.0 Å². The molecule has 3 aromatic carbocycles. The van der Waals surface area contributed by atoms with Gasteiger partial charge in [0.25, 0.3) is 0 Å². The van der Waals surface area contributed by atoms with Gasteiger partial charge in [-0.05, 0) is 35.9 Å². The predicted octanol–water partition coefficient (Wildman–Crippen LogP) is 5.63. The third-order valence-corrected chi connectivity index (χ3v) is 5.67. The zero-order chi connectivity index (χ0) is 23.8. The zero-order valence-electron chi connectivity index (χ0n) is 18.7. The summed E-state index contributed by atoms with van der Waals surface area (Å²) in [5.74, 6) is 0.662. The highest BCUT2D eigenvalue weighted by atomic mass is 32.1. The summed E-state index contributed by atoms with van der Waals surface area (Å²) in [6.45, 7) is 0.208. The molecule has 1 heterocycles. The number of carbonyl (C=O) groups excluding carboxylic acids is 1. The van der Waals surface area contributed by atoms with E-state index in [-0.39, 0.29) is 6.61 Å². The summed E-state index contributed by atoms with van der Waals surface area (Å²) >= 11 is 1.49. The van der Waals surface area contributed by atoms with Crippen molar-refractivity contribution in [3.63, 3.8) is 0 Å². The Morgan fingerprint density at radius 2 is 1.82 bits per heavy atom. The average molecular weight is 474 g/mol. The lowest BCUT2D eigenvalue weighted by atomic mass is 10.1. The summed E-state index contributed by atoms with van der Waals surface area (Å²) in [4.78, 5) is 16.5. The number of thiazole rings is 1. The molecule has 0 saturated carbocycles. The van der Waals surface area contributed by atoms with E-state index >= 15 is 0 Å². The molecule has 7 nitrogen and oxygen atoms in total. The van der Waals surface area contributed by atoms with Crippen molar-refractivity contribution in [2.45, 2.75) is 6.61 Å². The maximum Gasteiger partial charge on any atom is 0.341 e. The van der Waals surface area contributed by atoms with Crippen molar-refractivity contribution in [1.29, 1.82) is 0 Å². The number of esters is 1. The number of rotatable bonds is 9. The van der Waals surface area contributed by atoms with Gasteiger partial charge in [-0.15, -0.1) is 11.3 Å². The molecule has 0 spiro atoms. The van der Waals surface area contributed by atoms with Gasteiger partial charge in [-0.2, -0.15) is 5.10 Å². The highest BCUT2D eigenvalue weighted by Gasteiger charge is 2.13. The maximum atomic E-state index is 12.0. The van der Waals surface area contributed by atoms with Crippen LogP contribution in [0.15, 0.2) is 83.3 Å². The molecule has 0 unspecified atom stereocenters. The van der Waals surface area contributed by atoms with E-state index in [4.69, 9.17) is 14.2 Å². The summed E-state index contributed by atoms with van der Waals surface area (Å²) < 4.78 is 16.2. The van der Waals surface area contributed by atoms with Gasteiger partial charge in [0, 0.05) is 16.5 Å². The fourth-order valence-corrected chi connectivity index (χ4v) is 3.92. The molecule has 0 amide bonds. The van der Waals surface area contributed by atoms with Crippen molar-refractivity contribution in [2.24, 2.45) is 5.10 Å². The number of hydrogen-bond donors (Lipinski definition) is 1. The number of ether oxygens (including phenoxy) is 3. The first-order chi connectivity index (χ1) is 16.7. The number of para-hydroxylation sites is 1. The maximum absolute atomic E-state index is 12.0. The number of nitrogens with one attached hydrogen (secondary N) is 1. The van der Waals surface area contributed by atoms with Crippen LogP contribution in [-0.2, 0) is 11.3 Å². The monoisotopic (exact) mass is 473 g/mol. The van der Waals surface area contributed by atoms with E-state index < -0.39 is 5.97 Å². The smallest absolute Gasteiger partial charge is 0.341 e. The SMILES string of the molecule is COC(=O)c1ccccc1OCc1cc(C=NNc2nc(-c3ccccc3)cs2)ccc1OC. The minimum atomic E-state index is -0.452. The average Bonchev–Trinajstić information content (AvgIpc) is 3.37. The van der Waals surface area contributed by atoms with Crippen molar-refractivity contribution >= 4 is 28.7 Å². The van der Waals surface area contributed by atoms with Gasteiger partial charge in [0.05, 0.1) is 26.1 Å². The first-order valence-electron chi connectivity index (χ1n) is 10.4. The van der Waals surface area contributed by atoms with Gasteiger partial charge < -0.3 is 14.2 Å². The molecule has 0 radical (unpaired) electrons. The predicted molar refractivity (Wildman–Crippen MR) is 134 cm³/mol. The third kappa shape index (κ3) is 5.60. The van der Waals surface area contributed by atoms with Crippen LogP contribution in [0.25, 0.3) is 11.3 Å². The number of benzene rings is 3. The Hall–Kier alpha value is -4.17. The zero-order valence-corrected chi connectivity index (χ0v) is 19.5. The molecule has 0 atom stereocenters. The van der Waals surface area contributed by atoms with Crippen LogP contribution in [-0.4, -0.2) is 31.4 Å². The molecule has 0 bridgehead atoms. The number of hydrogen-bond acceptors (Lipinski definition) is 8. The van der Waals surface area contributed by atoms with E-state index in [1.165, 1.54) is 18.4 Å². The molecule has 0 saturated heterocycles. The van der Waals surface area contributed by atoms with Gasteiger partial charge in [0.1, 0.15) is 23.7 Å². The minimum Gasteiger partial charge on any atom is -0.496 e. The molecule has 4 rings (SSSR count). The Bertz CT molecular complexity index is 1290. The van der Waals surface area contributed by atoms with Crippen LogP contribution in [0, 0.1) is 0 Å². The van der Waals surface area contributed by atoms with E-state index in [0.717, 1.165) is 22.4 Å². The summed E-state index contributed by atoms with van der Waals surface area (Å²) in [6, 6.07) is 22.6. The lowest BCUT2D eigenvalue weighted by Crippen LogP contribution is -2.06. The van der Waals surface area contributed by atoms with Crippen LogP contribution >= 0.6 is 11.3 Å². The van der Waals surface area contributed by atoms with Gasteiger partial charge >= 0.3 is 5.97 Å². The summed E-state index contributed by atoms with van der Waals surface area (Å²) in [5.41, 5.74) is 6.97. The Morgan fingerprint density at radius 3 is 2.62 bits per heavy atom. The molecular weight excluding hydrogens is 450 g/mol. The molecule has 8 heteroatoms. The van der Waals surface area contributed by atoms with Gasteiger partial charge in [-0.25, -0.2) is 9.78 Å². The van der Waals surface area contributed by atoms with Crippen molar-refractivity contribution in [2.75, 3.05) is 19.6 Å². The van der Waals surface area contributed by atoms with E-state index in [9.17, 15) is 4.79 Å². The van der Waals surface area contributed by atoms with Crippen molar-refractivity contribution in [3.8, 4) is 22.8 Å². The Kier molecular flexibility index (Phi) is 7.52. The summed E-state index contributed by atoms with van der Waals surface area (Å²) in [7, 11) is 2.94. The Balaban J connectivity index is 1.44. The van der Waals surface area contributed by atoms with E-state index in [0.29, 0.717) is 22.2 Å². The van der Waals surface area contributed by atoms with Crippen LogP contribution in [0.3, 0.4) is 0 Å². The Morgan fingerprint density at radius 1 is 1.03 bits per heavy atom. The molecular formula is C26H23N3O4S. The van der Waals surface area contributed by atoms with E-state index in [1.807, 2.05) is 53.9 Å². The number of methoxy groups -OCH3 is 2. The largest absolute Gasteiger partial charge is 0.496 e. The van der Waals surface area contributed by atoms with Gasteiger partial charge in [-0.3, -0.25) is 5.43 Å². The number of hydrazone groups is 1. The van der Waals surface area contributed by atoms with Crippen molar-refractivity contribution in [1.82, 2.24) is 4.98 Å². The molecule has 34 heavy (non-hydrogen) atoms. The normalized spacial score (nSPS) is 10.8. The number of anilines is 1.